The Morgan fingerprint density at radius 1 is 0.889 bits per heavy atom. The van der Waals surface area contributed by atoms with Crippen molar-refractivity contribution in [3.63, 3.8) is 0 Å². The van der Waals surface area contributed by atoms with E-state index in [0.717, 1.165) is 32.2 Å². The molecule has 0 aromatic rings. The molecule has 0 aliphatic heterocycles. The van der Waals surface area contributed by atoms with E-state index < -0.39 is 0 Å². The molecule has 3 nitrogen and oxygen atoms in total. The molecule has 1 amide bonds. The first kappa shape index (κ1) is 17.4. The Balaban J connectivity index is 3.67. The van der Waals surface area contributed by atoms with Crippen molar-refractivity contribution in [2.24, 2.45) is 0 Å². The lowest BCUT2D eigenvalue weighted by molar-refractivity contribution is -0.131. The summed E-state index contributed by atoms with van der Waals surface area (Å²) >= 11 is 0. The zero-order valence-corrected chi connectivity index (χ0v) is 12.3. The standard InChI is InChI=1S/C15H31NO2/c1-3-5-7-8-9-10-11-15(18)16(13-14-17)12-6-4-2/h17H,3-14H2,1-2H3. The fourth-order valence-corrected chi connectivity index (χ4v) is 2.05. The summed E-state index contributed by atoms with van der Waals surface area (Å²) in [5.74, 6) is 0.216. The molecule has 0 radical (unpaired) electrons. The first-order valence-corrected chi connectivity index (χ1v) is 7.64. The summed E-state index contributed by atoms with van der Waals surface area (Å²) in [5, 5.41) is 8.96. The van der Waals surface area contributed by atoms with Gasteiger partial charge in [-0.25, -0.2) is 0 Å². The molecule has 0 aliphatic rings. The average molecular weight is 257 g/mol. The van der Waals surface area contributed by atoms with E-state index in [1.807, 2.05) is 4.90 Å². The molecule has 0 spiro atoms. The molecular weight excluding hydrogens is 226 g/mol. The highest BCUT2D eigenvalue weighted by molar-refractivity contribution is 5.76. The molecule has 0 rings (SSSR count). The second-order valence-corrected chi connectivity index (χ2v) is 4.98. The third-order valence-corrected chi connectivity index (χ3v) is 3.25. The summed E-state index contributed by atoms with van der Waals surface area (Å²) in [5.41, 5.74) is 0. The molecule has 3 heteroatoms. The van der Waals surface area contributed by atoms with Crippen molar-refractivity contribution in [2.45, 2.75) is 71.6 Å². The average Bonchev–Trinajstić information content (AvgIpc) is 2.38. The molecule has 0 heterocycles. The first-order chi connectivity index (χ1) is 8.76. The number of amides is 1. The van der Waals surface area contributed by atoms with E-state index in [2.05, 4.69) is 13.8 Å². The highest BCUT2D eigenvalue weighted by atomic mass is 16.3. The molecule has 0 saturated heterocycles. The third kappa shape index (κ3) is 9.46. The van der Waals surface area contributed by atoms with Gasteiger partial charge in [0.1, 0.15) is 0 Å². The van der Waals surface area contributed by atoms with E-state index in [-0.39, 0.29) is 12.5 Å². The number of aliphatic hydroxyl groups is 1. The van der Waals surface area contributed by atoms with Gasteiger partial charge in [-0.3, -0.25) is 4.79 Å². The van der Waals surface area contributed by atoms with Crippen LogP contribution in [-0.4, -0.2) is 35.6 Å². The van der Waals surface area contributed by atoms with Crippen molar-refractivity contribution < 1.29 is 9.90 Å². The Hall–Kier alpha value is -0.570. The predicted molar refractivity (Wildman–Crippen MR) is 76.6 cm³/mol. The minimum Gasteiger partial charge on any atom is -0.395 e. The summed E-state index contributed by atoms with van der Waals surface area (Å²) in [7, 11) is 0. The van der Waals surface area contributed by atoms with Gasteiger partial charge in [-0.05, 0) is 12.8 Å². The molecule has 18 heavy (non-hydrogen) atoms. The molecule has 0 aliphatic carbocycles. The van der Waals surface area contributed by atoms with Crippen molar-refractivity contribution in [1.82, 2.24) is 4.90 Å². The van der Waals surface area contributed by atoms with Crippen molar-refractivity contribution >= 4 is 5.91 Å². The second kappa shape index (κ2) is 12.9. The fraction of sp³-hybridized carbons (Fsp3) is 0.933. The van der Waals surface area contributed by atoms with Gasteiger partial charge in [0.05, 0.1) is 6.61 Å². The molecule has 1 N–H and O–H groups in total. The van der Waals surface area contributed by atoms with Crippen LogP contribution in [0.25, 0.3) is 0 Å². The molecule has 0 fully saturated rings. The molecule has 0 bridgehead atoms. The van der Waals surface area contributed by atoms with Gasteiger partial charge in [0.15, 0.2) is 0 Å². The normalized spacial score (nSPS) is 10.6. The van der Waals surface area contributed by atoms with Gasteiger partial charge in [0, 0.05) is 19.5 Å². The highest BCUT2D eigenvalue weighted by Crippen LogP contribution is 2.08. The minimum absolute atomic E-state index is 0.0754. The van der Waals surface area contributed by atoms with E-state index in [9.17, 15) is 4.79 Å². The first-order valence-electron chi connectivity index (χ1n) is 7.64. The van der Waals surface area contributed by atoms with Gasteiger partial charge in [0.25, 0.3) is 0 Å². The van der Waals surface area contributed by atoms with E-state index in [4.69, 9.17) is 5.11 Å². The van der Waals surface area contributed by atoms with Crippen molar-refractivity contribution in [3.05, 3.63) is 0 Å². The number of rotatable bonds is 12. The number of carbonyl (C=O) groups is 1. The summed E-state index contributed by atoms with van der Waals surface area (Å²) in [4.78, 5) is 13.8. The van der Waals surface area contributed by atoms with Crippen LogP contribution in [0.4, 0.5) is 0 Å². The number of aliphatic hydroxyl groups excluding tert-OH is 1. The van der Waals surface area contributed by atoms with Crippen LogP contribution in [0.15, 0.2) is 0 Å². The van der Waals surface area contributed by atoms with Crippen molar-refractivity contribution in [1.29, 1.82) is 0 Å². The molecular formula is C15H31NO2. The number of carbonyl (C=O) groups excluding carboxylic acids is 1. The highest BCUT2D eigenvalue weighted by Gasteiger charge is 2.11. The van der Waals surface area contributed by atoms with Gasteiger partial charge in [-0.1, -0.05) is 52.4 Å². The van der Waals surface area contributed by atoms with Crippen molar-refractivity contribution in [2.75, 3.05) is 19.7 Å². The molecule has 0 aromatic carbocycles. The molecule has 0 atom stereocenters. The lowest BCUT2D eigenvalue weighted by Crippen LogP contribution is -2.34. The Bertz CT molecular complexity index is 195. The van der Waals surface area contributed by atoms with Crippen LogP contribution in [0.1, 0.15) is 71.6 Å². The fourth-order valence-electron chi connectivity index (χ4n) is 2.05. The van der Waals surface area contributed by atoms with Crippen molar-refractivity contribution in [3.8, 4) is 0 Å². The lowest BCUT2D eigenvalue weighted by Gasteiger charge is -2.21. The number of nitrogens with zero attached hydrogens (tertiary/aromatic N) is 1. The minimum atomic E-state index is 0.0754. The second-order valence-electron chi connectivity index (χ2n) is 4.98. The number of unbranched alkanes of at least 4 members (excludes halogenated alkanes) is 6. The molecule has 0 saturated carbocycles. The lowest BCUT2D eigenvalue weighted by atomic mass is 10.1. The van der Waals surface area contributed by atoms with E-state index >= 15 is 0 Å². The topological polar surface area (TPSA) is 40.5 Å². The maximum absolute atomic E-state index is 11.9. The smallest absolute Gasteiger partial charge is 0.222 e. The van der Waals surface area contributed by atoms with Gasteiger partial charge in [-0.15, -0.1) is 0 Å². The van der Waals surface area contributed by atoms with Crippen LogP contribution < -0.4 is 0 Å². The molecule has 108 valence electrons. The Morgan fingerprint density at radius 3 is 2.11 bits per heavy atom. The zero-order chi connectivity index (χ0) is 13.6. The van der Waals surface area contributed by atoms with Crippen LogP contribution in [0.2, 0.25) is 0 Å². The number of hydrogen-bond donors (Lipinski definition) is 1. The van der Waals surface area contributed by atoms with Gasteiger partial charge in [0.2, 0.25) is 5.91 Å². The summed E-state index contributed by atoms with van der Waals surface area (Å²) in [6, 6.07) is 0. The third-order valence-electron chi connectivity index (χ3n) is 3.25. The summed E-state index contributed by atoms with van der Waals surface area (Å²) in [6.45, 7) is 5.70. The SMILES string of the molecule is CCCCCCCCC(=O)N(CCO)CCCC. The maximum atomic E-state index is 11.9. The Labute approximate surface area is 113 Å². The summed E-state index contributed by atoms with van der Waals surface area (Å²) < 4.78 is 0. The van der Waals surface area contributed by atoms with Gasteiger partial charge >= 0.3 is 0 Å². The monoisotopic (exact) mass is 257 g/mol. The zero-order valence-electron chi connectivity index (χ0n) is 12.3. The van der Waals surface area contributed by atoms with Gasteiger partial charge in [-0.2, -0.15) is 0 Å². The Kier molecular flexibility index (Phi) is 12.5. The van der Waals surface area contributed by atoms with Crippen LogP contribution in [0.5, 0.6) is 0 Å². The van der Waals surface area contributed by atoms with E-state index in [1.54, 1.807) is 0 Å². The summed E-state index contributed by atoms with van der Waals surface area (Å²) in [6.07, 6.45) is 10.0. The van der Waals surface area contributed by atoms with Crippen LogP contribution in [0, 0.1) is 0 Å². The number of hydrogen-bond acceptors (Lipinski definition) is 2. The molecule has 0 aromatic heterocycles. The van der Waals surface area contributed by atoms with E-state index in [0.29, 0.717) is 13.0 Å². The van der Waals surface area contributed by atoms with Crippen LogP contribution in [-0.2, 0) is 4.79 Å². The molecule has 0 unspecified atom stereocenters. The van der Waals surface area contributed by atoms with Crippen LogP contribution >= 0.6 is 0 Å². The predicted octanol–water partition coefficient (Wildman–Crippen LogP) is 3.36. The van der Waals surface area contributed by atoms with Crippen LogP contribution in [0.3, 0.4) is 0 Å². The Morgan fingerprint density at radius 2 is 1.50 bits per heavy atom. The van der Waals surface area contributed by atoms with E-state index in [1.165, 1.54) is 25.7 Å². The quantitative estimate of drug-likeness (QED) is 0.545. The van der Waals surface area contributed by atoms with Gasteiger partial charge < -0.3 is 10.0 Å². The maximum Gasteiger partial charge on any atom is 0.222 e. The largest absolute Gasteiger partial charge is 0.395 e.